The minimum absolute atomic E-state index is 0.233. The van der Waals surface area contributed by atoms with Crippen molar-refractivity contribution in [3.05, 3.63) is 27.6 Å². The van der Waals surface area contributed by atoms with E-state index >= 15 is 0 Å². The van der Waals surface area contributed by atoms with E-state index in [2.05, 4.69) is 33.1 Å². The number of nitrogens with zero attached hydrogens (tertiary/aromatic N) is 1. The van der Waals surface area contributed by atoms with E-state index in [-0.39, 0.29) is 17.1 Å². The molecule has 0 saturated carbocycles. The van der Waals surface area contributed by atoms with Crippen LogP contribution in [0.15, 0.2) is 23.4 Å². The Labute approximate surface area is 126 Å². The summed E-state index contributed by atoms with van der Waals surface area (Å²) < 4.78 is 13.8. The number of halogens is 2. The molecule has 4 nitrogen and oxygen atoms in total. The Balaban J connectivity index is 2.43. The number of rotatable bonds is 6. The van der Waals surface area contributed by atoms with Gasteiger partial charge in [-0.3, -0.25) is 0 Å². The van der Waals surface area contributed by atoms with E-state index in [9.17, 15) is 4.39 Å². The van der Waals surface area contributed by atoms with Crippen LogP contribution in [0.4, 0.5) is 10.1 Å². The highest BCUT2D eigenvalue weighted by Gasteiger charge is 2.22. The third-order valence-corrected chi connectivity index (χ3v) is 3.92. The minimum atomic E-state index is -0.327. The summed E-state index contributed by atoms with van der Waals surface area (Å²) in [5.74, 6) is 0.00637. The van der Waals surface area contributed by atoms with E-state index in [4.69, 9.17) is 10.9 Å². The second-order valence-electron chi connectivity index (χ2n) is 5.02. The highest BCUT2D eigenvalue weighted by Crippen LogP contribution is 2.23. The Hall–Kier alpha value is -1.05. The summed E-state index contributed by atoms with van der Waals surface area (Å²) in [6, 6.07) is 4.65. The van der Waals surface area contributed by atoms with Crippen LogP contribution < -0.4 is 11.1 Å². The van der Waals surface area contributed by atoms with Gasteiger partial charge in [0.2, 0.25) is 0 Å². The zero-order valence-corrected chi connectivity index (χ0v) is 13.2. The summed E-state index contributed by atoms with van der Waals surface area (Å²) in [4.78, 5) is 0. The topological polar surface area (TPSA) is 70.6 Å². The predicted molar refractivity (Wildman–Crippen MR) is 84.0 cm³/mol. The average molecular weight is 379 g/mol. The lowest BCUT2D eigenvalue weighted by Crippen LogP contribution is -2.32. The maximum absolute atomic E-state index is 12.9. The first kappa shape index (κ1) is 16.0. The van der Waals surface area contributed by atoms with E-state index in [1.807, 2.05) is 13.8 Å². The standard InChI is InChI=1S/C13H19FIN3O/c1-13(2,12(16)18-19)6-3-7-17-11-5-4-9(14)8-10(11)15/h4-5,8,17,19H,3,6-7H2,1-2H3,(H2,16,18). The van der Waals surface area contributed by atoms with E-state index < -0.39 is 0 Å². The normalized spacial score (nSPS) is 12.5. The van der Waals surface area contributed by atoms with Crippen molar-refractivity contribution in [3.63, 3.8) is 0 Å². The first-order valence-corrected chi connectivity index (χ1v) is 7.11. The zero-order valence-electron chi connectivity index (χ0n) is 11.1. The molecule has 4 N–H and O–H groups in total. The molecule has 0 spiro atoms. The fourth-order valence-electron chi connectivity index (χ4n) is 1.65. The molecule has 0 aliphatic carbocycles. The van der Waals surface area contributed by atoms with Crippen LogP contribution in [0.25, 0.3) is 0 Å². The van der Waals surface area contributed by atoms with Crippen LogP contribution in [-0.4, -0.2) is 17.6 Å². The molecule has 0 amide bonds. The van der Waals surface area contributed by atoms with Gasteiger partial charge in [0, 0.05) is 21.2 Å². The van der Waals surface area contributed by atoms with Crippen LogP contribution in [0.3, 0.4) is 0 Å². The maximum Gasteiger partial charge on any atom is 0.144 e. The quantitative estimate of drug-likeness (QED) is 0.177. The third-order valence-electron chi connectivity index (χ3n) is 3.03. The van der Waals surface area contributed by atoms with Crippen LogP contribution in [0.5, 0.6) is 0 Å². The van der Waals surface area contributed by atoms with Crippen LogP contribution >= 0.6 is 22.6 Å². The smallest absolute Gasteiger partial charge is 0.144 e. The molecule has 0 aromatic heterocycles. The van der Waals surface area contributed by atoms with Crippen molar-refractivity contribution in [1.82, 2.24) is 0 Å². The van der Waals surface area contributed by atoms with E-state index in [1.165, 1.54) is 12.1 Å². The highest BCUT2D eigenvalue weighted by atomic mass is 127. The highest BCUT2D eigenvalue weighted by molar-refractivity contribution is 14.1. The van der Waals surface area contributed by atoms with Gasteiger partial charge in [0.1, 0.15) is 11.7 Å². The van der Waals surface area contributed by atoms with Crippen LogP contribution in [0, 0.1) is 14.8 Å². The predicted octanol–water partition coefficient (Wildman–Crippen LogP) is 3.40. The molecule has 0 heterocycles. The largest absolute Gasteiger partial charge is 0.409 e. The van der Waals surface area contributed by atoms with Crippen molar-refractivity contribution in [2.75, 3.05) is 11.9 Å². The van der Waals surface area contributed by atoms with Crippen molar-refractivity contribution in [2.24, 2.45) is 16.3 Å². The Kier molecular flexibility index (Phi) is 5.84. The van der Waals surface area contributed by atoms with Crippen molar-refractivity contribution in [2.45, 2.75) is 26.7 Å². The molecular formula is C13H19FIN3O. The molecule has 0 atom stereocenters. The molecule has 0 aliphatic heterocycles. The van der Waals surface area contributed by atoms with Gasteiger partial charge in [-0.2, -0.15) is 0 Å². The van der Waals surface area contributed by atoms with Gasteiger partial charge in [0.25, 0.3) is 0 Å². The zero-order chi connectivity index (χ0) is 14.5. The summed E-state index contributed by atoms with van der Waals surface area (Å²) in [5.41, 5.74) is 6.21. The minimum Gasteiger partial charge on any atom is -0.409 e. The Morgan fingerprint density at radius 1 is 1.53 bits per heavy atom. The summed E-state index contributed by atoms with van der Waals surface area (Å²) in [5, 5.41) is 15.0. The number of amidine groups is 1. The fourth-order valence-corrected chi connectivity index (χ4v) is 2.32. The average Bonchev–Trinajstić information content (AvgIpc) is 2.35. The number of anilines is 1. The molecular weight excluding hydrogens is 360 g/mol. The second kappa shape index (κ2) is 6.93. The van der Waals surface area contributed by atoms with E-state index in [0.29, 0.717) is 0 Å². The van der Waals surface area contributed by atoms with Crippen molar-refractivity contribution in [1.29, 1.82) is 0 Å². The van der Waals surface area contributed by atoms with Gasteiger partial charge in [-0.15, -0.1) is 0 Å². The summed E-state index contributed by atoms with van der Waals surface area (Å²) >= 11 is 2.10. The lowest BCUT2D eigenvalue weighted by Gasteiger charge is -2.22. The summed E-state index contributed by atoms with van der Waals surface area (Å²) in [7, 11) is 0. The third kappa shape index (κ3) is 4.85. The van der Waals surface area contributed by atoms with Gasteiger partial charge in [-0.1, -0.05) is 19.0 Å². The van der Waals surface area contributed by atoms with Crippen LogP contribution in [-0.2, 0) is 0 Å². The van der Waals surface area contributed by atoms with Gasteiger partial charge in [0.15, 0.2) is 0 Å². The molecule has 0 radical (unpaired) electrons. The van der Waals surface area contributed by atoms with E-state index in [1.54, 1.807) is 6.07 Å². The first-order valence-electron chi connectivity index (χ1n) is 6.04. The molecule has 0 saturated heterocycles. The summed E-state index contributed by atoms with van der Waals surface area (Å²) in [6.45, 7) is 4.62. The maximum atomic E-state index is 12.9. The van der Waals surface area contributed by atoms with Crippen molar-refractivity contribution in [3.8, 4) is 0 Å². The van der Waals surface area contributed by atoms with E-state index in [0.717, 1.165) is 28.6 Å². The molecule has 0 fully saturated rings. The number of hydrogen-bond acceptors (Lipinski definition) is 3. The SMILES string of the molecule is CC(C)(CCCNc1ccc(F)cc1I)C(N)=NO. The van der Waals surface area contributed by atoms with Gasteiger partial charge >= 0.3 is 0 Å². The lowest BCUT2D eigenvalue weighted by atomic mass is 9.86. The fraction of sp³-hybridized carbons (Fsp3) is 0.462. The Morgan fingerprint density at radius 3 is 2.79 bits per heavy atom. The lowest BCUT2D eigenvalue weighted by molar-refractivity contribution is 0.305. The number of hydrogen-bond donors (Lipinski definition) is 3. The monoisotopic (exact) mass is 379 g/mol. The molecule has 0 unspecified atom stereocenters. The molecule has 1 rings (SSSR count). The van der Waals surface area contributed by atoms with Gasteiger partial charge in [-0.25, -0.2) is 4.39 Å². The molecule has 0 bridgehead atoms. The van der Waals surface area contributed by atoms with Gasteiger partial charge in [-0.05, 0) is 53.6 Å². The molecule has 19 heavy (non-hydrogen) atoms. The molecule has 1 aromatic carbocycles. The number of nitrogens with one attached hydrogen (secondary N) is 1. The molecule has 0 aliphatic rings. The Bertz CT molecular complexity index is 463. The van der Waals surface area contributed by atoms with Gasteiger partial charge in [0.05, 0.1) is 0 Å². The van der Waals surface area contributed by atoms with Gasteiger partial charge < -0.3 is 16.3 Å². The number of benzene rings is 1. The second-order valence-corrected chi connectivity index (χ2v) is 6.19. The van der Waals surface area contributed by atoms with Crippen LogP contribution in [0.1, 0.15) is 26.7 Å². The summed E-state index contributed by atoms with van der Waals surface area (Å²) in [6.07, 6.45) is 1.67. The first-order chi connectivity index (χ1) is 8.86. The molecule has 6 heteroatoms. The number of nitrogens with two attached hydrogens (primary N) is 1. The number of oxime groups is 1. The molecule has 1 aromatic rings. The van der Waals surface area contributed by atoms with Crippen molar-refractivity contribution >= 4 is 34.1 Å². The molecule has 106 valence electrons. The Morgan fingerprint density at radius 2 is 2.21 bits per heavy atom. The van der Waals surface area contributed by atoms with Crippen molar-refractivity contribution < 1.29 is 9.60 Å². The van der Waals surface area contributed by atoms with Crippen LogP contribution in [0.2, 0.25) is 0 Å².